The number of nitrogens with zero attached hydrogens (tertiary/aromatic N) is 1. The van der Waals surface area contributed by atoms with E-state index in [1.807, 2.05) is 50.3 Å². The van der Waals surface area contributed by atoms with Crippen molar-refractivity contribution in [2.45, 2.75) is 13.8 Å². The average Bonchev–Trinajstić information content (AvgIpc) is 2.92. The van der Waals surface area contributed by atoms with Crippen molar-refractivity contribution in [1.82, 2.24) is 5.32 Å². The molecular weight excluding hydrogens is 424 g/mol. The van der Waals surface area contributed by atoms with Crippen molar-refractivity contribution >= 4 is 50.5 Å². The molecule has 0 saturated carbocycles. The van der Waals surface area contributed by atoms with Crippen molar-refractivity contribution in [3.8, 4) is 5.75 Å². The first-order valence-electron chi connectivity index (χ1n) is 8.36. The van der Waals surface area contributed by atoms with Crippen LogP contribution in [0.2, 0.25) is 0 Å². The summed E-state index contributed by atoms with van der Waals surface area (Å²) >= 11 is 4.83. The number of amides is 1. The smallest absolute Gasteiger partial charge is 0.264 e. The lowest BCUT2D eigenvalue weighted by Gasteiger charge is -2.06. The van der Waals surface area contributed by atoms with Gasteiger partial charge in [-0.15, -0.1) is 0 Å². The molecule has 0 bridgehead atoms. The third-order valence-electron chi connectivity index (χ3n) is 3.70. The van der Waals surface area contributed by atoms with Gasteiger partial charge in [0.25, 0.3) is 5.91 Å². The van der Waals surface area contributed by atoms with Gasteiger partial charge in [-0.25, -0.2) is 4.99 Å². The lowest BCUT2D eigenvalue weighted by atomic mass is 10.1. The van der Waals surface area contributed by atoms with Crippen LogP contribution in [-0.2, 0) is 4.79 Å². The highest BCUT2D eigenvalue weighted by molar-refractivity contribution is 9.10. The molecule has 1 fully saturated rings. The number of amidine groups is 1. The predicted molar refractivity (Wildman–Crippen MR) is 117 cm³/mol. The Morgan fingerprint density at radius 1 is 1.22 bits per heavy atom. The van der Waals surface area contributed by atoms with E-state index in [2.05, 4.69) is 38.9 Å². The largest absolute Gasteiger partial charge is 0.488 e. The van der Waals surface area contributed by atoms with E-state index in [-0.39, 0.29) is 5.91 Å². The second-order valence-electron chi connectivity index (χ2n) is 6.12. The molecular formula is C21H19BrN2O2S. The van der Waals surface area contributed by atoms with E-state index in [4.69, 9.17) is 4.74 Å². The molecule has 0 atom stereocenters. The van der Waals surface area contributed by atoms with Crippen LogP contribution < -0.4 is 10.1 Å². The Kier molecular flexibility index (Phi) is 6.19. The molecule has 0 unspecified atom stereocenters. The van der Waals surface area contributed by atoms with Gasteiger partial charge in [0.15, 0.2) is 5.17 Å². The molecule has 1 heterocycles. The molecule has 2 aromatic carbocycles. The number of nitrogens with one attached hydrogen (secondary N) is 1. The van der Waals surface area contributed by atoms with Gasteiger partial charge in [-0.3, -0.25) is 4.79 Å². The second-order valence-corrected chi connectivity index (χ2v) is 8.00. The van der Waals surface area contributed by atoms with Gasteiger partial charge in [0.05, 0.1) is 15.1 Å². The molecule has 2 aromatic rings. The minimum atomic E-state index is -0.147. The quantitative estimate of drug-likeness (QED) is 0.489. The van der Waals surface area contributed by atoms with Gasteiger partial charge in [-0.1, -0.05) is 24.8 Å². The summed E-state index contributed by atoms with van der Waals surface area (Å²) in [5, 5.41) is 3.41. The molecule has 0 spiro atoms. The number of hydrogen-bond acceptors (Lipinski definition) is 4. The molecule has 4 nitrogen and oxygen atoms in total. The highest BCUT2D eigenvalue weighted by Crippen LogP contribution is 2.31. The minimum Gasteiger partial charge on any atom is -0.488 e. The topological polar surface area (TPSA) is 50.7 Å². The van der Waals surface area contributed by atoms with Crippen molar-refractivity contribution < 1.29 is 9.53 Å². The van der Waals surface area contributed by atoms with Crippen molar-refractivity contribution in [3.05, 3.63) is 75.1 Å². The van der Waals surface area contributed by atoms with Crippen LogP contribution in [0.5, 0.6) is 5.75 Å². The van der Waals surface area contributed by atoms with Gasteiger partial charge in [0.1, 0.15) is 12.4 Å². The van der Waals surface area contributed by atoms with Gasteiger partial charge < -0.3 is 10.1 Å². The molecule has 6 heteroatoms. The van der Waals surface area contributed by atoms with E-state index in [9.17, 15) is 4.79 Å². The summed E-state index contributed by atoms with van der Waals surface area (Å²) in [6.07, 6.45) is 3.53. The van der Waals surface area contributed by atoms with Crippen LogP contribution in [0.3, 0.4) is 0 Å². The molecule has 1 saturated heterocycles. The fraction of sp³-hybridized carbons (Fsp3) is 0.143. The first-order valence-corrected chi connectivity index (χ1v) is 9.96. The highest BCUT2D eigenvalue weighted by atomic mass is 79.9. The van der Waals surface area contributed by atoms with Gasteiger partial charge in [-0.05, 0) is 88.6 Å². The van der Waals surface area contributed by atoms with Crippen LogP contribution in [0, 0.1) is 13.8 Å². The van der Waals surface area contributed by atoms with Crippen LogP contribution in [0.1, 0.15) is 16.7 Å². The summed E-state index contributed by atoms with van der Waals surface area (Å²) in [6.45, 7) is 8.14. The highest BCUT2D eigenvalue weighted by Gasteiger charge is 2.24. The van der Waals surface area contributed by atoms with Crippen LogP contribution in [0.25, 0.3) is 6.08 Å². The fourth-order valence-corrected chi connectivity index (χ4v) is 3.99. The maximum absolute atomic E-state index is 12.3. The van der Waals surface area contributed by atoms with E-state index < -0.39 is 0 Å². The Hall–Kier alpha value is -2.31. The Labute approximate surface area is 171 Å². The number of aliphatic imine (C=N–C) groups is 1. The third kappa shape index (κ3) is 5.11. The summed E-state index contributed by atoms with van der Waals surface area (Å²) < 4.78 is 6.37. The normalized spacial score (nSPS) is 16.6. The van der Waals surface area contributed by atoms with Gasteiger partial charge in [0.2, 0.25) is 0 Å². The number of rotatable bonds is 5. The van der Waals surface area contributed by atoms with E-state index in [0.717, 1.165) is 32.6 Å². The molecule has 27 heavy (non-hydrogen) atoms. The number of halogens is 1. The van der Waals surface area contributed by atoms with Crippen molar-refractivity contribution in [2.24, 2.45) is 4.99 Å². The summed E-state index contributed by atoms with van der Waals surface area (Å²) in [7, 11) is 0. The van der Waals surface area contributed by atoms with Crippen LogP contribution in [-0.4, -0.2) is 17.7 Å². The van der Waals surface area contributed by atoms with Gasteiger partial charge in [0, 0.05) is 0 Å². The maximum atomic E-state index is 12.3. The summed E-state index contributed by atoms with van der Waals surface area (Å²) in [4.78, 5) is 17.4. The zero-order valence-corrected chi connectivity index (χ0v) is 17.5. The molecule has 138 valence electrons. The lowest BCUT2D eigenvalue weighted by molar-refractivity contribution is -0.115. The molecule has 1 aliphatic heterocycles. The van der Waals surface area contributed by atoms with Gasteiger partial charge in [-0.2, -0.15) is 0 Å². The van der Waals surface area contributed by atoms with E-state index in [0.29, 0.717) is 16.7 Å². The lowest BCUT2D eigenvalue weighted by Crippen LogP contribution is -2.19. The standard InChI is InChI=1S/C21H19BrN2O2S/c1-4-7-26-18-6-5-15(11-17(18)22)12-19-20(25)24-21(27-19)23-16-9-13(2)8-14(3)10-16/h4-6,8-12H,1,7H2,2-3H3,(H,23,24,25)/b19-12-. The van der Waals surface area contributed by atoms with Crippen molar-refractivity contribution in [2.75, 3.05) is 6.61 Å². The monoisotopic (exact) mass is 442 g/mol. The maximum Gasteiger partial charge on any atom is 0.264 e. The number of carbonyl (C=O) groups excluding carboxylic acids is 1. The zero-order valence-electron chi connectivity index (χ0n) is 15.1. The van der Waals surface area contributed by atoms with Crippen molar-refractivity contribution in [1.29, 1.82) is 0 Å². The van der Waals surface area contributed by atoms with Crippen LogP contribution in [0.4, 0.5) is 5.69 Å². The molecule has 0 aromatic heterocycles. The molecule has 0 radical (unpaired) electrons. The van der Waals surface area contributed by atoms with E-state index in [1.165, 1.54) is 11.8 Å². The predicted octanol–water partition coefficient (Wildman–Crippen LogP) is 5.52. The Balaban J connectivity index is 1.80. The number of benzene rings is 2. The summed E-state index contributed by atoms with van der Waals surface area (Å²) in [5.41, 5.74) is 4.02. The van der Waals surface area contributed by atoms with Gasteiger partial charge >= 0.3 is 0 Å². The first kappa shape index (κ1) is 19.5. The third-order valence-corrected chi connectivity index (χ3v) is 5.23. The van der Waals surface area contributed by atoms with E-state index >= 15 is 0 Å². The number of ether oxygens (including phenoxy) is 1. The van der Waals surface area contributed by atoms with E-state index in [1.54, 1.807) is 6.08 Å². The Bertz CT molecular complexity index is 946. The van der Waals surface area contributed by atoms with Crippen LogP contribution in [0.15, 0.2) is 63.4 Å². The molecule has 1 amide bonds. The summed E-state index contributed by atoms with van der Waals surface area (Å²) in [6, 6.07) is 11.8. The van der Waals surface area contributed by atoms with Crippen LogP contribution >= 0.6 is 27.7 Å². The fourth-order valence-electron chi connectivity index (χ4n) is 2.64. The first-order chi connectivity index (χ1) is 12.9. The number of hydrogen-bond donors (Lipinski definition) is 1. The van der Waals surface area contributed by atoms with Crippen molar-refractivity contribution in [3.63, 3.8) is 0 Å². The Morgan fingerprint density at radius 3 is 2.63 bits per heavy atom. The number of thioether (sulfide) groups is 1. The Morgan fingerprint density at radius 2 is 1.96 bits per heavy atom. The minimum absolute atomic E-state index is 0.147. The second kappa shape index (κ2) is 8.59. The molecule has 1 aliphatic rings. The molecule has 1 N–H and O–H groups in total. The zero-order chi connectivity index (χ0) is 19.4. The number of carbonyl (C=O) groups is 1. The average molecular weight is 443 g/mol. The number of aryl methyl sites for hydroxylation is 2. The molecule has 3 rings (SSSR count). The SMILES string of the molecule is C=CCOc1ccc(/C=C2\SC(=Nc3cc(C)cc(C)c3)NC2=O)cc1Br. The molecule has 0 aliphatic carbocycles. The summed E-state index contributed by atoms with van der Waals surface area (Å²) in [5.74, 6) is 0.587.